The van der Waals surface area contributed by atoms with Gasteiger partial charge in [-0.3, -0.25) is 0 Å². The van der Waals surface area contributed by atoms with E-state index in [1.54, 1.807) is 0 Å². The SMILES string of the molecule is c1ccc(CNc2ccccc2C2CC(c3ccccc3)O2)cc1. The number of benzene rings is 3. The summed E-state index contributed by atoms with van der Waals surface area (Å²) in [5.41, 5.74) is 4.96. The molecule has 2 nitrogen and oxygen atoms in total. The van der Waals surface area contributed by atoms with Crippen LogP contribution in [0.15, 0.2) is 84.9 Å². The van der Waals surface area contributed by atoms with Crippen molar-refractivity contribution in [1.82, 2.24) is 0 Å². The predicted octanol–water partition coefficient (Wildman–Crippen LogP) is 5.50. The maximum absolute atomic E-state index is 6.16. The molecule has 1 fully saturated rings. The maximum atomic E-state index is 6.16. The predicted molar refractivity (Wildman–Crippen MR) is 97.8 cm³/mol. The molecule has 0 bridgehead atoms. The molecule has 3 aromatic rings. The topological polar surface area (TPSA) is 21.3 Å². The zero-order valence-electron chi connectivity index (χ0n) is 13.6. The molecule has 2 heteroatoms. The van der Waals surface area contributed by atoms with Crippen molar-refractivity contribution in [2.75, 3.05) is 5.32 Å². The fourth-order valence-corrected chi connectivity index (χ4v) is 3.20. The lowest BCUT2D eigenvalue weighted by atomic mass is 9.92. The van der Waals surface area contributed by atoms with Crippen molar-refractivity contribution in [3.05, 3.63) is 102 Å². The Labute approximate surface area is 143 Å². The van der Waals surface area contributed by atoms with E-state index in [-0.39, 0.29) is 12.2 Å². The van der Waals surface area contributed by atoms with E-state index in [1.165, 1.54) is 16.7 Å². The van der Waals surface area contributed by atoms with Crippen LogP contribution in [0.3, 0.4) is 0 Å². The fourth-order valence-electron chi connectivity index (χ4n) is 3.20. The van der Waals surface area contributed by atoms with Gasteiger partial charge in [0.2, 0.25) is 0 Å². The second-order valence-corrected chi connectivity index (χ2v) is 6.19. The molecule has 1 N–H and O–H groups in total. The van der Waals surface area contributed by atoms with Crippen LogP contribution >= 0.6 is 0 Å². The zero-order valence-corrected chi connectivity index (χ0v) is 13.6. The Hall–Kier alpha value is -2.58. The van der Waals surface area contributed by atoms with E-state index >= 15 is 0 Å². The number of anilines is 1. The minimum absolute atomic E-state index is 0.176. The number of ether oxygens (including phenoxy) is 1. The smallest absolute Gasteiger partial charge is 0.0881 e. The number of para-hydroxylation sites is 1. The molecular formula is C22H21NO. The van der Waals surface area contributed by atoms with Crippen molar-refractivity contribution in [1.29, 1.82) is 0 Å². The second-order valence-electron chi connectivity index (χ2n) is 6.19. The molecule has 1 aliphatic rings. The van der Waals surface area contributed by atoms with Gasteiger partial charge < -0.3 is 10.1 Å². The Kier molecular flexibility index (Phi) is 4.30. The van der Waals surface area contributed by atoms with Gasteiger partial charge in [-0.15, -0.1) is 0 Å². The molecule has 0 radical (unpaired) electrons. The van der Waals surface area contributed by atoms with Crippen molar-refractivity contribution >= 4 is 5.69 Å². The van der Waals surface area contributed by atoms with E-state index in [1.807, 2.05) is 12.1 Å². The Balaban J connectivity index is 1.43. The molecule has 0 saturated carbocycles. The highest BCUT2D eigenvalue weighted by molar-refractivity contribution is 5.53. The molecule has 4 rings (SSSR count). The van der Waals surface area contributed by atoms with Crippen LogP contribution in [-0.2, 0) is 11.3 Å². The highest BCUT2D eigenvalue weighted by Gasteiger charge is 2.33. The van der Waals surface area contributed by atoms with Gasteiger partial charge in [-0.1, -0.05) is 78.9 Å². The molecule has 1 heterocycles. The van der Waals surface area contributed by atoms with Crippen LogP contribution in [0.25, 0.3) is 0 Å². The van der Waals surface area contributed by atoms with Crippen molar-refractivity contribution in [3.63, 3.8) is 0 Å². The monoisotopic (exact) mass is 315 g/mol. The third-order valence-electron chi connectivity index (χ3n) is 4.56. The fraction of sp³-hybridized carbons (Fsp3) is 0.182. The minimum atomic E-state index is 0.176. The van der Waals surface area contributed by atoms with Gasteiger partial charge in [0.1, 0.15) is 0 Å². The molecule has 0 aliphatic carbocycles. The van der Waals surface area contributed by atoms with Crippen molar-refractivity contribution in [2.45, 2.75) is 25.2 Å². The van der Waals surface area contributed by atoms with Gasteiger partial charge in [0, 0.05) is 24.2 Å². The third-order valence-corrected chi connectivity index (χ3v) is 4.56. The van der Waals surface area contributed by atoms with Crippen LogP contribution in [0.4, 0.5) is 5.69 Å². The molecule has 0 aromatic heterocycles. The molecule has 0 amide bonds. The highest BCUT2D eigenvalue weighted by Crippen LogP contribution is 2.46. The van der Waals surface area contributed by atoms with Gasteiger partial charge in [0.15, 0.2) is 0 Å². The summed E-state index contributed by atoms with van der Waals surface area (Å²) in [6.07, 6.45) is 1.43. The molecule has 1 aliphatic heterocycles. The number of rotatable bonds is 5. The van der Waals surface area contributed by atoms with Crippen LogP contribution in [0, 0.1) is 0 Å². The lowest BCUT2D eigenvalue weighted by Gasteiger charge is -2.37. The molecule has 2 unspecified atom stereocenters. The Morgan fingerprint density at radius 1 is 0.750 bits per heavy atom. The summed E-state index contributed by atoms with van der Waals surface area (Å²) in [7, 11) is 0. The van der Waals surface area contributed by atoms with Crippen molar-refractivity contribution in [3.8, 4) is 0 Å². The van der Waals surface area contributed by atoms with Gasteiger partial charge in [0.05, 0.1) is 12.2 Å². The van der Waals surface area contributed by atoms with Crippen molar-refractivity contribution in [2.24, 2.45) is 0 Å². The summed E-state index contributed by atoms with van der Waals surface area (Å²) in [4.78, 5) is 0. The largest absolute Gasteiger partial charge is 0.381 e. The molecule has 3 aromatic carbocycles. The first-order valence-corrected chi connectivity index (χ1v) is 8.47. The first kappa shape index (κ1) is 15.0. The first-order chi connectivity index (χ1) is 11.9. The van der Waals surface area contributed by atoms with Crippen LogP contribution in [0.2, 0.25) is 0 Å². The van der Waals surface area contributed by atoms with E-state index in [2.05, 4.69) is 78.1 Å². The van der Waals surface area contributed by atoms with E-state index in [9.17, 15) is 0 Å². The number of hydrogen-bond acceptors (Lipinski definition) is 2. The Bertz CT molecular complexity index is 779. The Morgan fingerprint density at radius 3 is 2.12 bits per heavy atom. The average Bonchev–Trinajstić information content (AvgIpc) is 2.61. The first-order valence-electron chi connectivity index (χ1n) is 8.47. The highest BCUT2D eigenvalue weighted by atomic mass is 16.5. The molecule has 1 saturated heterocycles. The summed E-state index contributed by atoms with van der Waals surface area (Å²) < 4.78 is 6.16. The van der Waals surface area contributed by atoms with E-state index in [4.69, 9.17) is 4.74 Å². The third kappa shape index (κ3) is 3.19. The normalized spacial score (nSPS) is 19.5. The van der Waals surface area contributed by atoms with Gasteiger partial charge >= 0.3 is 0 Å². The molecule has 0 spiro atoms. The summed E-state index contributed by atoms with van der Waals surface area (Å²) in [5.74, 6) is 0. The van der Waals surface area contributed by atoms with Crippen molar-refractivity contribution < 1.29 is 4.74 Å². The molecule has 2 atom stereocenters. The van der Waals surface area contributed by atoms with Crippen LogP contribution in [-0.4, -0.2) is 0 Å². The van der Waals surface area contributed by atoms with E-state index < -0.39 is 0 Å². The summed E-state index contributed by atoms with van der Waals surface area (Å²) in [6, 6.07) is 29.4. The average molecular weight is 315 g/mol. The summed E-state index contributed by atoms with van der Waals surface area (Å²) in [6.45, 7) is 0.826. The summed E-state index contributed by atoms with van der Waals surface area (Å²) in [5, 5.41) is 3.55. The lowest BCUT2D eigenvalue weighted by Crippen LogP contribution is -2.24. The van der Waals surface area contributed by atoms with E-state index in [0.29, 0.717) is 0 Å². The van der Waals surface area contributed by atoms with Crippen LogP contribution in [0.1, 0.15) is 35.3 Å². The standard InChI is InChI=1S/C22H21NO/c1-3-9-17(10-4-1)16-23-20-14-8-7-13-19(20)22-15-21(24-22)18-11-5-2-6-12-18/h1-14,21-23H,15-16H2. The van der Waals surface area contributed by atoms with Gasteiger partial charge in [0.25, 0.3) is 0 Å². The van der Waals surface area contributed by atoms with Gasteiger partial charge in [-0.25, -0.2) is 0 Å². The zero-order chi connectivity index (χ0) is 16.2. The van der Waals surface area contributed by atoms with Gasteiger partial charge in [-0.2, -0.15) is 0 Å². The lowest BCUT2D eigenvalue weighted by molar-refractivity contribution is -0.130. The molecular weight excluding hydrogens is 294 g/mol. The molecule has 120 valence electrons. The maximum Gasteiger partial charge on any atom is 0.0881 e. The second kappa shape index (κ2) is 6.90. The number of nitrogens with one attached hydrogen (secondary N) is 1. The summed E-state index contributed by atoms with van der Waals surface area (Å²) >= 11 is 0. The van der Waals surface area contributed by atoms with E-state index in [0.717, 1.165) is 18.7 Å². The minimum Gasteiger partial charge on any atom is -0.381 e. The van der Waals surface area contributed by atoms with Gasteiger partial charge in [-0.05, 0) is 17.2 Å². The van der Waals surface area contributed by atoms with Crippen LogP contribution < -0.4 is 5.32 Å². The molecule has 24 heavy (non-hydrogen) atoms. The van der Waals surface area contributed by atoms with Crippen LogP contribution in [0.5, 0.6) is 0 Å². The number of hydrogen-bond donors (Lipinski definition) is 1. The quantitative estimate of drug-likeness (QED) is 0.671. The Morgan fingerprint density at radius 2 is 1.38 bits per heavy atom.